The molecule has 0 unspecified atom stereocenters. The van der Waals surface area contributed by atoms with Crippen molar-refractivity contribution in [1.82, 2.24) is 0 Å². The topological polar surface area (TPSA) is 87.0 Å². The Kier molecular flexibility index (Phi) is 8.57. The molecule has 158 valence electrons. The molecule has 2 aromatic carbocycles. The maximum atomic E-state index is 12.8. The van der Waals surface area contributed by atoms with Gasteiger partial charge in [-0.1, -0.05) is 6.07 Å². The number of nitriles is 1. The van der Waals surface area contributed by atoms with Gasteiger partial charge in [0.2, 0.25) is 5.75 Å². The molecule has 0 heterocycles. The van der Waals surface area contributed by atoms with Gasteiger partial charge in [-0.15, -0.1) is 0 Å². The molecule has 0 saturated carbocycles. The van der Waals surface area contributed by atoms with Crippen molar-refractivity contribution < 1.29 is 28.5 Å². The van der Waals surface area contributed by atoms with Crippen LogP contribution in [0.1, 0.15) is 36.7 Å². The van der Waals surface area contributed by atoms with Crippen molar-refractivity contribution in [3.63, 3.8) is 0 Å². The van der Waals surface area contributed by atoms with Gasteiger partial charge >= 0.3 is 5.97 Å². The van der Waals surface area contributed by atoms with Crippen molar-refractivity contribution >= 4 is 12.0 Å². The lowest BCUT2D eigenvalue weighted by molar-refractivity contribution is 0.0728. The molecule has 0 aliphatic carbocycles. The van der Waals surface area contributed by atoms with E-state index in [2.05, 4.69) is 0 Å². The van der Waals surface area contributed by atoms with E-state index in [1.165, 1.54) is 13.2 Å². The fraction of sp³-hybridized carbons (Fsp3) is 0.304. The van der Waals surface area contributed by atoms with E-state index in [1.807, 2.05) is 26.8 Å². The van der Waals surface area contributed by atoms with Gasteiger partial charge < -0.3 is 23.7 Å². The normalized spacial score (nSPS) is 10.4. The molecule has 0 aliphatic rings. The first kappa shape index (κ1) is 22.6. The third kappa shape index (κ3) is 5.67. The van der Waals surface area contributed by atoms with E-state index in [4.69, 9.17) is 28.9 Å². The summed E-state index contributed by atoms with van der Waals surface area (Å²) in [6.45, 7) is 6.76. The summed E-state index contributed by atoms with van der Waals surface area (Å²) in [5, 5.41) is 8.66. The average Bonchev–Trinajstić information content (AvgIpc) is 2.75. The van der Waals surface area contributed by atoms with Gasteiger partial charge in [0.15, 0.2) is 23.0 Å². The fourth-order valence-corrected chi connectivity index (χ4v) is 2.67. The van der Waals surface area contributed by atoms with E-state index < -0.39 is 5.97 Å². The van der Waals surface area contributed by atoms with Crippen LogP contribution in [0.2, 0.25) is 0 Å². The molecule has 0 amide bonds. The lowest BCUT2D eigenvalue weighted by Crippen LogP contribution is -2.11. The van der Waals surface area contributed by atoms with Gasteiger partial charge in [0.25, 0.3) is 0 Å². The molecular weight excluding hydrogens is 386 g/mol. The molecule has 2 aromatic rings. The minimum Gasteiger partial charge on any atom is -0.493 e. The Morgan fingerprint density at radius 2 is 1.57 bits per heavy atom. The van der Waals surface area contributed by atoms with Gasteiger partial charge in [-0.05, 0) is 56.7 Å². The first-order valence-corrected chi connectivity index (χ1v) is 9.60. The van der Waals surface area contributed by atoms with Gasteiger partial charge in [-0.2, -0.15) is 5.26 Å². The number of carbonyl (C=O) groups excluding carboxylic acids is 1. The number of esters is 1. The Balaban J connectivity index is 2.38. The second kappa shape index (κ2) is 11.4. The summed E-state index contributed by atoms with van der Waals surface area (Å²) >= 11 is 0. The Bertz CT molecular complexity index is 918. The maximum absolute atomic E-state index is 12.8. The fourth-order valence-electron chi connectivity index (χ4n) is 2.67. The number of hydrogen-bond donors (Lipinski definition) is 0. The van der Waals surface area contributed by atoms with Crippen LogP contribution in [0, 0.1) is 11.3 Å². The number of nitrogens with zero attached hydrogens (tertiary/aromatic N) is 1. The number of allylic oxidation sites excluding steroid dienone is 1. The van der Waals surface area contributed by atoms with Gasteiger partial charge in [0, 0.05) is 6.08 Å². The Labute approximate surface area is 176 Å². The summed E-state index contributed by atoms with van der Waals surface area (Å²) in [6.07, 6.45) is 2.98. The van der Waals surface area contributed by atoms with Crippen LogP contribution in [0.4, 0.5) is 0 Å². The number of methoxy groups -OCH3 is 1. The van der Waals surface area contributed by atoms with Gasteiger partial charge in [-0.3, -0.25) is 0 Å². The van der Waals surface area contributed by atoms with Crippen molar-refractivity contribution in [2.45, 2.75) is 20.8 Å². The maximum Gasteiger partial charge on any atom is 0.343 e. The molecule has 0 atom stereocenters. The minimum atomic E-state index is -0.599. The highest BCUT2D eigenvalue weighted by Gasteiger charge is 2.20. The highest BCUT2D eigenvalue weighted by atomic mass is 16.6. The largest absolute Gasteiger partial charge is 0.493 e. The highest BCUT2D eigenvalue weighted by molar-refractivity contribution is 5.93. The molecule has 0 N–H and O–H groups in total. The van der Waals surface area contributed by atoms with Crippen LogP contribution in [0.15, 0.2) is 36.4 Å². The van der Waals surface area contributed by atoms with Crippen molar-refractivity contribution in [2.75, 3.05) is 26.9 Å². The van der Waals surface area contributed by atoms with Gasteiger partial charge in [0.05, 0.1) is 38.6 Å². The Morgan fingerprint density at radius 1 is 0.933 bits per heavy atom. The van der Waals surface area contributed by atoms with E-state index >= 15 is 0 Å². The van der Waals surface area contributed by atoms with E-state index in [-0.39, 0.29) is 11.3 Å². The summed E-state index contributed by atoms with van der Waals surface area (Å²) in [6, 6.07) is 10.1. The van der Waals surface area contributed by atoms with E-state index in [0.29, 0.717) is 42.8 Å². The molecular formula is C23H25NO6. The number of ether oxygens (including phenoxy) is 5. The molecule has 7 heteroatoms. The van der Waals surface area contributed by atoms with Crippen LogP contribution < -0.4 is 23.7 Å². The smallest absolute Gasteiger partial charge is 0.343 e. The summed E-state index contributed by atoms with van der Waals surface area (Å²) in [7, 11) is 1.47. The Hall–Kier alpha value is -3.66. The standard InChI is InChI=1S/C23H25NO6/c1-5-27-20-14-17(15-21(28-6-2)22(20)29-7-3)23(25)30-18-11-10-16(9-8-12-24)13-19(18)26-4/h8-11,13-15H,5-7H2,1-4H3/b9-8-. The summed E-state index contributed by atoms with van der Waals surface area (Å²) in [5.41, 5.74) is 0.993. The zero-order valence-corrected chi connectivity index (χ0v) is 17.6. The van der Waals surface area contributed by atoms with Crippen molar-refractivity contribution in [3.05, 3.63) is 47.5 Å². The number of benzene rings is 2. The number of rotatable bonds is 10. The summed E-state index contributed by atoms with van der Waals surface area (Å²) in [5.74, 6) is 1.27. The predicted octanol–water partition coefficient (Wildman–Crippen LogP) is 4.65. The third-order valence-electron chi connectivity index (χ3n) is 3.89. The van der Waals surface area contributed by atoms with Crippen molar-refractivity contribution in [1.29, 1.82) is 5.26 Å². The Morgan fingerprint density at radius 3 is 2.10 bits per heavy atom. The first-order chi connectivity index (χ1) is 14.6. The molecule has 2 rings (SSSR count). The summed E-state index contributed by atoms with van der Waals surface area (Å²) in [4.78, 5) is 12.8. The molecule has 0 bridgehead atoms. The number of carbonyl (C=O) groups is 1. The predicted molar refractivity (Wildman–Crippen MR) is 113 cm³/mol. The molecule has 0 radical (unpaired) electrons. The number of hydrogen-bond acceptors (Lipinski definition) is 7. The van der Waals surface area contributed by atoms with E-state index in [0.717, 1.165) is 5.56 Å². The van der Waals surface area contributed by atoms with E-state index in [9.17, 15) is 4.79 Å². The zero-order valence-electron chi connectivity index (χ0n) is 17.6. The molecule has 0 fully saturated rings. The first-order valence-electron chi connectivity index (χ1n) is 9.60. The second-order valence-corrected chi connectivity index (χ2v) is 5.86. The van der Waals surface area contributed by atoms with Gasteiger partial charge in [0.1, 0.15) is 0 Å². The minimum absolute atomic E-state index is 0.251. The van der Waals surface area contributed by atoms with Gasteiger partial charge in [-0.25, -0.2) is 4.79 Å². The lowest BCUT2D eigenvalue weighted by Gasteiger charge is -2.17. The highest BCUT2D eigenvalue weighted by Crippen LogP contribution is 2.39. The monoisotopic (exact) mass is 411 g/mol. The third-order valence-corrected chi connectivity index (χ3v) is 3.89. The zero-order chi connectivity index (χ0) is 21.9. The van der Waals surface area contributed by atoms with Crippen LogP contribution in [-0.4, -0.2) is 32.9 Å². The molecule has 7 nitrogen and oxygen atoms in total. The van der Waals surface area contributed by atoms with Crippen LogP contribution in [0.25, 0.3) is 6.08 Å². The van der Waals surface area contributed by atoms with Crippen LogP contribution in [0.3, 0.4) is 0 Å². The molecule has 0 spiro atoms. The average molecular weight is 411 g/mol. The summed E-state index contributed by atoms with van der Waals surface area (Å²) < 4.78 is 27.8. The lowest BCUT2D eigenvalue weighted by atomic mass is 10.1. The van der Waals surface area contributed by atoms with Crippen LogP contribution in [-0.2, 0) is 0 Å². The van der Waals surface area contributed by atoms with Crippen LogP contribution in [0.5, 0.6) is 28.7 Å². The molecule has 0 saturated heterocycles. The molecule has 0 aliphatic heterocycles. The second-order valence-electron chi connectivity index (χ2n) is 5.86. The van der Waals surface area contributed by atoms with E-state index in [1.54, 1.807) is 36.4 Å². The molecule has 0 aromatic heterocycles. The molecule has 30 heavy (non-hydrogen) atoms. The SMILES string of the molecule is CCOc1cc(C(=O)Oc2ccc(/C=C\C#N)cc2OC)cc(OCC)c1OCC. The quantitative estimate of drug-likeness (QED) is 0.319. The van der Waals surface area contributed by atoms with Crippen molar-refractivity contribution in [2.24, 2.45) is 0 Å². The van der Waals surface area contributed by atoms with Crippen molar-refractivity contribution in [3.8, 4) is 34.8 Å². The van der Waals surface area contributed by atoms with Crippen LogP contribution >= 0.6 is 0 Å².